The summed E-state index contributed by atoms with van der Waals surface area (Å²) in [7, 11) is 0. The smallest absolute Gasteiger partial charge is 0.408 e. The van der Waals surface area contributed by atoms with E-state index in [1.54, 1.807) is 0 Å². The maximum Gasteiger partial charge on any atom is 0.408 e. The Morgan fingerprint density at radius 3 is 2.17 bits per heavy atom. The highest BCUT2D eigenvalue weighted by atomic mass is 16.5. The van der Waals surface area contributed by atoms with Crippen LogP contribution in [0.15, 0.2) is 60.7 Å². The van der Waals surface area contributed by atoms with Gasteiger partial charge in [0.25, 0.3) is 0 Å². The Balaban J connectivity index is 1.66. The Bertz CT molecular complexity index is 711. The molecule has 1 saturated carbocycles. The number of hydrogen-bond donors (Lipinski definition) is 2. The van der Waals surface area contributed by atoms with Crippen LogP contribution in [0.4, 0.5) is 4.79 Å². The standard InChI is InChI=1S/C19H19NO4/c21-17(22)16(19(11-12-19)15-9-5-2-6-10-15)20-18(23)24-13-14-7-3-1-4-8-14/h1-10,16H,11-13H2,(H,20,23)(H,21,22)/t16-/m0/s1. The summed E-state index contributed by atoms with van der Waals surface area (Å²) in [6, 6.07) is 17.7. The highest BCUT2D eigenvalue weighted by Gasteiger charge is 2.54. The summed E-state index contributed by atoms with van der Waals surface area (Å²) in [5.74, 6) is -1.05. The van der Waals surface area contributed by atoms with Gasteiger partial charge in [0, 0.05) is 5.41 Å². The number of carboxylic acids is 1. The van der Waals surface area contributed by atoms with E-state index in [0.29, 0.717) is 0 Å². The molecule has 24 heavy (non-hydrogen) atoms. The zero-order chi connectivity index (χ0) is 17.0. The van der Waals surface area contributed by atoms with Crippen LogP contribution < -0.4 is 5.32 Å². The molecule has 2 N–H and O–H groups in total. The van der Waals surface area contributed by atoms with Gasteiger partial charge in [-0.15, -0.1) is 0 Å². The molecule has 1 aliphatic carbocycles. The van der Waals surface area contributed by atoms with Gasteiger partial charge in [0.2, 0.25) is 0 Å². The van der Waals surface area contributed by atoms with Gasteiger partial charge < -0.3 is 15.2 Å². The second-order valence-electron chi connectivity index (χ2n) is 6.00. The molecular weight excluding hydrogens is 306 g/mol. The molecule has 0 bridgehead atoms. The fourth-order valence-electron chi connectivity index (χ4n) is 2.97. The van der Waals surface area contributed by atoms with Crippen molar-refractivity contribution in [1.29, 1.82) is 0 Å². The quantitative estimate of drug-likeness (QED) is 0.856. The maximum atomic E-state index is 12.0. The summed E-state index contributed by atoms with van der Waals surface area (Å²) >= 11 is 0. The molecular formula is C19H19NO4. The normalized spacial score (nSPS) is 16.0. The van der Waals surface area contributed by atoms with Crippen molar-refractivity contribution in [2.45, 2.75) is 30.9 Å². The van der Waals surface area contributed by atoms with Gasteiger partial charge in [-0.25, -0.2) is 9.59 Å². The molecule has 0 unspecified atom stereocenters. The van der Waals surface area contributed by atoms with Crippen molar-refractivity contribution in [1.82, 2.24) is 5.32 Å². The van der Waals surface area contributed by atoms with Crippen LogP contribution >= 0.6 is 0 Å². The summed E-state index contributed by atoms with van der Waals surface area (Å²) in [5.41, 5.74) is 1.24. The highest BCUT2D eigenvalue weighted by Crippen LogP contribution is 2.51. The predicted molar refractivity (Wildman–Crippen MR) is 88.5 cm³/mol. The van der Waals surface area contributed by atoms with Crippen LogP contribution in [0.1, 0.15) is 24.0 Å². The minimum absolute atomic E-state index is 0.108. The first kappa shape index (κ1) is 16.1. The SMILES string of the molecule is O=C(N[C@@H](C(=O)O)C1(c2ccccc2)CC1)OCc1ccccc1. The van der Waals surface area contributed by atoms with Crippen molar-refractivity contribution in [3.05, 3.63) is 71.8 Å². The van der Waals surface area contributed by atoms with E-state index in [0.717, 1.165) is 24.0 Å². The number of nitrogens with one attached hydrogen (secondary N) is 1. The van der Waals surface area contributed by atoms with Gasteiger partial charge in [0.1, 0.15) is 12.6 Å². The van der Waals surface area contributed by atoms with Gasteiger partial charge in [0.05, 0.1) is 0 Å². The van der Waals surface area contributed by atoms with Gasteiger partial charge in [-0.1, -0.05) is 60.7 Å². The van der Waals surface area contributed by atoms with Crippen LogP contribution in [-0.4, -0.2) is 23.2 Å². The largest absolute Gasteiger partial charge is 0.480 e. The van der Waals surface area contributed by atoms with Crippen molar-refractivity contribution < 1.29 is 19.4 Å². The summed E-state index contributed by atoms with van der Waals surface area (Å²) in [6.45, 7) is 0.108. The molecule has 1 aliphatic rings. The average Bonchev–Trinajstić information content (AvgIpc) is 3.41. The number of carbonyl (C=O) groups excluding carboxylic acids is 1. The van der Waals surface area contributed by atoms with Gasteiger partial charge in [-0.2, -0.15) is 0 Å². The summed E-state index contributed by atoms with van der Waals surface area (Å²) in [4.78, 5) is 23.7. The van der Waals surface area contributed by atoms with E-state index >= 15 is 0 Å². The Hall–Kier alpha value is -2.82. The summed E-state index contributed by atoms with van der Waals surface area (Å²) in [5, 5.41) is 12.1. The summed E-state index contributed by atoms with van der Waals surface area (Å²) in [6.07, 6.45) is 0.744. The lowest BCUT2D eigenvalue weighted by molar-refractivity contribution is -0.140. The minimum atomic E-state index is -1.05. The first-order valence-corrected chi connectivity index (χ1v) is 7.87. The van der Waals surface area contributed by atoms with Crippen molar-refractivity contribution in [2.75, 3.05) is 0 Å². The van der Waals surface area contributed by atoms with Crippen molar-refractivity contribution in [2.24, 2.45) is 0 Å². The molecule has 3 rings (SSSR count). The van der Waals surface area contributed by atoms with E-state index in [9.17, 15) is 14.7 Å². The number of carboxylic acid groups (broad SMARTS) is 1. The molecule has 1 amide bonds. The second-order valence-corrected chi connectivity index (χ2v) is 6.00. The average molecular weight is 325 g/mol. The van der Waals surface area contributed by atoms with E-state index < -0.39 is 23.5 Å². The summed E-state index contributed by atoms with van der Waals surface area (Å²) < 4.78 is 5.15. The number of rotatable bonds is 6. The number of aliphatic carboxylic acids is 1. The molecule has 1 atom stereocenters. The number of carbonyl (C=O) groups is 2. The minimum Gasteiger partial charge on any atom is -0.480 e. The zero-order valence-electron chi connectivity index (χ0n) is 13.1. The topological polar surface area (TPSA) is 75.6 Å². The third-order valence-electron chi connectivity index (χ3n) is 4.41. The second kappa shape index (κ2) is 6.74. The Morgan fingerprint density at radius 2 is 1.62 bits per heavy atom. The number of ether oxygens (including phenoxy) is 1. The zero-order valence-corrected chi connectivity index (χ0v) is 13.1. The van der Waals surface area contributed by atoms with Crippen LogP contribution in [-0.2, 0) is 21.6 Å². The van der Waals surface area contributed by atoms with Gasteiger partial charge in [-0.05, 0) is 24.0 Å². The number of alkyl carbamates (subject to hydrolysis) is 1. The van der Waals surface area contributed by atoms with E-state index in [2.05, 4.69) is 5.32 Å². The Kier molecular flexibility index (Phi) is 4.51. The van der Waals surface area contributed by atoms with Crippen molar-refractivity contribution in [3.63, 3.8) is 0 Å². The highest BCUT2D eigenvalue weighted by molar-refractivity contribution is 5.82. The number of hydrogen-bond acceptors (Lipinski definition) is 3. The van der Waals surface area contributed by atoms with Gasteiger partial charge in [-0.3, -0.25) is 0 Å². The van der Waals surface area contributed by atoms with Gasteiger partial charge >= 0.3 is 12.1 Å². The number of benzene rings is 2. The lowest BCUT2D eigenvalue weighted by Gasteiger charge is -2.24. The van der Waals surface area contributed by atoms with Crippen molar-refractivity contribution >= 4 is 12.1 Å². The molecule has 5 nitrogen and oxygen atoms in total. The Labute approximate surface area is 140 Å². The van der Waals surface area contributed by atoms with Gasteiger partial charge in [0.15, 0.2) is 0 Å². The van der Waals surface area contributed by atoms with Crippen LogP contribution in [0.25, 0.3) is 0 Å². The van der Waals surface area contributed by atoms with Crippen molar-refractivity contribution in [3.8, 4) is 0 Å². The van der Waals surface area contributed by atoms with Crippen LogP contribution in [0.2, 0.25) is 0 Å². The van der Waals surface area contributed by atoms with Crippen LogP contribution in [0.3, 0.4) is 0 Å². The Morgan fingerprint density at radius 1 is 1.04 bits per heavy atom. The van der Waals surface area contributed by atoms with E-state index in [4.69, 9.17) is 4.74 Å². The fourth-order valence-corrected chi connectivity index (χ4v) is 2.97. The predicted octanol–water partition coefficient (Wildman–Crippen LogP) is 3.10. The van der Waals surface area contributed by atoms with E-state index in [1.165, 1.54) is 0 Å². The molecule has 0 aromatic heterocycles. The lowest BCUT2D eigenvalue weighted by atomic mass is 9.88. The van der Waals surface area contributed by atoms with Crippen LogP contribution in [0.5, 0.6) is 0 Å². The third-order valence-corrected chi connectivity index (χ3v) is 4.41. The van der Waals surface area contributed by atoms with E-state index in [-0.39, 0.29) is 6.61 Å². The first-order valence-electron chi connectivity index (χ1n) is 7.87. The maximum absolute atomic E-state index is 12.0. The molecule has 5 heteroatoms. The van der Waals surface area contributed by atoms with E-state index in [1.807, 2.05) is 60.7 Å². The lowest BCUT2D eigenvalue weighted by Crippen LogP contribution is -2.49. The molecule has 124 valence electrons. The molecule has 2 aromatic carbocycles. The number of amides is 1. The molecule has 0 radical (unpaired) electrons. The molecule has 0 aliphatic heterocycles. The molecule has 0 heterocycles. The fraction of sp³-hybridized carbons (Fsp3) is 0.263. The molecule has 0 spiro atoms. The van der Waals surface area contributed by atoms with Crippen LogP contribution in [0, 0.1) is 0 Å². The molecule has 1 fully saturated rings. The molecule has 0 saturated heterocycles. The first-order chi connectivity index (χ1) is 11.6. The third kappa shape index (κ3) is 3.40. The molecule has 2 aromatic rings. The monoisotopic (exact) mass is 325 g/mol.